The molecule has 6 aliphatic rings. The Bertz CT molecular complexity index is 2420. The van der Waals surface area contributed by atoms with Gasteiger partial charge in [-0.25, -0.2) is 4.98 Å². The van der Waals surface area contributed by atoms with Crippen LogP contribution in [-0.4, -0.2) is 138 Å². The molecule has 2 N–H and O–H groups in total. The fourth-order valence-electron chi connectivity index (χ4n) is 14.4. The van der Waals surface area contributed by atoms with Crippen LogP contribution in [0.15, 0.2) is 72.9 Å². The third-order valence-electron chi connectivity index (χ3n) is 17.6. The minimum absolute atomic E-state index is 0.00335. The molecular formula is C53H70Cl2N8O3. The molecular weight excluding hydrogens is 868 g/mol. The molecule has 2 saturated carbocycles. The number of imidazole rings is 1. The van der Waals surface area contributed by atoms with Crippen molar-refractivity contribution >= 4 is 29.0 Å². The molecule has 2 bridgehead atoms. The number of halogens is 2. The van der Waals surface area contributed by atoms with Gasteiger partial charge in [0, 0.05) is 103 Å². The Morgan fingerprint density at radius 3 is 2.36 bits per heavy atom. The van der Waals surface area contributed by atoms with Crippen molar-refractivity contribution in [3.63, 3.8) is 0 Å². The summed E-state index contributed by atoms with van der Waals surface area (Å²) in [6.45, 7) is 9.80. The monoisotopic (exact) mass is 936 g/mol. The Labute approximate surface area is 402 Å². The van der Waals surface area contributed by atoms with Crippen molar-refractivity contribution < 1.29 is 14.3 Å². The molecule has 1 aromatic heterocycles. The first-order chi connectivity index (χ1) is 31.7. The van der Waals surface area contributed by atoms with Crippen LogP contribution in [0, 0.1) is 16.2 Å². The lowest BCUT2D eigenvalue weighted by molar-refractivity contribution is -0.161. The number of fused-ring (bicyclic) bond motifs is 1. The molecule has 4 aliphatic heterocycles. The number of carbonyl (C=O) groups is 1. The number of nitrogens with one attached hydrogen (secondary N) is 2. The highest BCUT2D eigenvalue weighted by Gasteiger charge is 2.80. The second kappa shape index (κ2) is 17.6. The predicted octanol–water partition coefficient (Wildman–Crippen LogP) is 7.92. The Hall–Kier alpha value is -3.36. The summed E-state index contributed by atoms with van der Waals surface area (Å²) in [4.78, 5) is 32.0. The number of piperidine rings is 1. The summed E-state index contributed by atoms with van der Waals surface area (Å²) >= 11 is 13.2. The largest absolute Gasteiger partial charge is 0.457 e. The second-order valence-electron chi connectivity index (χ2n) is 21.3. The van der Waals surface area contributed by atoms with Gasteiger partial charge in [-0.3, -0.25) is 19.5 Å². The Morgan fingerprint density at radius 2 is 1.68 bits per heavy atom. The highest BCUT2D eigenvalue weighted by Crippen LogP contribution is 2.70. The van der Waals surface area contributed by atoms with Crippen molar-refractivity contribution in [2.24, 2.45) is 23.3 Å². The first-order valence-electron chi connectivity index (χ1n) is 24.4. The Balaban J connectivity index is 1.04. The van der Waals surface area contributed by atoms with E-state index in [9.17, 15) is 0 Å². The van der Waals surface area contributed by atoms with Crippen LogP contribution in [0.3, 0.4) is 0 Å². The summed E-state index contributed by atoms with van der Waals surface area (Å²) in [6, 6.07) is 23.1. The van der Waals surface area contributed by atoms with E-state index in [1.54, 1.807) is 0 Å². The fourth-order valence-corrected chi connectivity index (χ4v) is 14.7. The van der Waals surface area contributed by atoms with Gasteiger partial charge in [0.05, 0.1) is 35.9 Å². The third kappa shape index (κ3) is 7.32. The molecule has 0 radical (unpaired) electrons. The van der Waals surface area contributed by atoms with Crippen molar-refractivity contribution in [2.45, 2.75) is 127 Å². The standard InChI is InChI=1S/C53H70Cl2N8O3/c1-10-52-45-26-51(21-22-51)49-53(50(52)64)44(56-27-32(2)60(49)6)25-39(23-34-11-16-37(54)17-12-34)61(7)48(53)41(31-65-9)58-47(52)33(3)63(45)29-36-13-18-38(55)24-43(36)66-40-19-14-35(15-20-40)42-28-57-46(62(42)8)30-59(4)5/h11-20,24,28,32-33,39,41,44-45,47-49,56,58H,10,21-23,25-27,29-31H2,1-9H3/t32-,33-,39-,41+,44?,45?,47?,48?,49?,52?,53?/m0/s1. The van der Waals surface area contributed by atoms with Gasteiger partial charge >= 0.3 is 0 Å². The lowest BCUT2D eigenvalue weighted by Gasteiger charge is -2.61. The van der Waals surface area contributed by atoms with Gasteiger partial charge in [-0.15, -0.1) is 0 Å². The number of carbonyl (C=O) groups excluding carboxylic acids is 1. The van der Waals surface area contributed by atoms with Crippen LogP contribution in [-0.2, 0) is 36.1 Å². The third-order valence-corrected chi connectivity index (χ3v) is 18.1. The second-order valence-corrected chi connectivity index (χ2v) is 22.2. The fraction of sp³-hybridized carbons (Fsp3) is 0.585. The number of Topliss-reactive ketones (excluding diaryl/α,β-unsaturated/α-hetero) is 1. The maximum Gasteiger partial charge on any atom is 0.153 e. The zero-order valence-corrected chi connectivity index (χ0v) is 41.9. The van der Waals surface area contributed by atoms with E-state index in [0.717, 1.165) is 90.8 Å². The van der Waals surface area contributed by atoms with Crippen molar-refractivity contribution in [2.75, 3.05) is 48.5 Å². The highest BCUT2D eigenvalue weighted by atomic mass is 35.5. The van der Waals surface area contributed by atoms with Gasteiger partial charge in [-0.05, 0) is 140 Å². The molecule has 13 heteroatoms. The van der Waals surface area contributed by atoms with E-state index in [1.807, 2.05) is 49.7 Å². The number of hydrogen-bond donors (Lipinski definition) is 2. The molecule has 6 fully saturated rings. The molecule has 4 saturated heterocycles. The van der Waals surface area contributed by atoms with Crippen molar-refractivity contribution in [3.05, 3.63) is 99.9 Å². The van der Waals surface area contributed by atoms with Gasteiger partial charge in [-0.1, -0.05) is 48.3 Å². The van der Waals surface area contributed by atoms with Crippen LogP contribution in [0.2, 0.25) is 10.0 Å². The summed E-state index contributed by atoms with van der Waals surface area (Å²) in [5.74, 6) is 2.96. The zero-order chi connectivity index (χ0) is 46.4. The molecule has 2 spiro atoms. The first-order valence-corrected chi connectivity index (χ1v) is 25.1. The van der Waals surface area contributed by atoms with E-state index in [1.165, 1.54) is 5.56 Å². The number of likely N-dealkylation sites (tertiary alicyclic amines) is 2. The molecule has 3 aromatic carbocycles. The number of likely N-dealkylation sites (N-methyl/N-ethyl adjacent to an activating group) is 2. The summed E-state index contributed by atoms with van der Waals surface area (Å²) < 4.78 is 15.2. The van der Waals surface area contributed by atoms with Gasteiger partial charge < -0.3 is 29.6 Å². The van der Waals surface area contributed by atoms with E-state index in [-0.39, 0.29) is 59.8 Å². The molecule has 0 amide bonds. The van der Waals surface area contributed by atoms with Crippen molar-refractivity contribution in [1.82, 2.24) is 39.8 Å². The average molecular weight is 938 g/mol. The smallest absolute Gasteiger partial charge is 0.153 e. The van der Waals surface area contributed by atoms with Crippen LogP contribution in [0.4, 0.5) is 0 Å². The lowest BCUT2D eigenvalue weighted by Crippen LogP contribution is -2.77. The zero-order valence-electron chi connectivity index (χ0n) is 40.4. The molecule has 354 valence electrons. The lowest BCUT2D eigenvalue weighted by atomic mass is 9.53. The van der Waals surface area contributed by atoms with Crippen LogP contribution >= 0.6 is 23.2 Å². The first kappa shape index (κ1) is 46.4. The number of rotatable bonds is 12. The molecule has 7 unspecified atom stereocenters. The van der Waals surface area contributed by atoms with Gasteiger partial charge in [0.25, 0.3) is 0 Å². The van der Waals surface area contributed by atoms with Crippen molar-refractivity contribution in [3.8, 4) is 22.8 Å². The number of aromatic nitrogens is 2. The van der Waals surface area contributed by atoms with E-state index in [2.05, 4.69) is 121 Å². The molecule has 11 nitrogen and oxygen atoms in total. The molecule has 5 heterocycles. The van der Waals surface area contributed by atoms with E-state index >= 15 is 4.79 Å². The van der Waals surface area contributed by atoms with Crippen LogP contribution in [0.5, 0.6) is 11.5 Å². The number of ether oxygens (including phenoxy) is 2. The minimum Gasteiger partial charge on any atom is -0.457 e. The highest BCUT2D eigenvalue weighted by molar-refractivity contribution is 6.31. The van der Waals surface area contributed by atoms with Gasteiger partial charge in [-0.2, -0.15) is 0 Å². The number of benzene rings is 3. The number of ketones is 1. The van der Waals surface area contributed by atoms with Gasteiger partial charge in [0.1, 0.15) is 17.3 Å². The van der Waals surface area contributed by atoms with Crippen LogP contribution < -0.4 is 15.4 Å². The molecule has 2 aliphatic carbocycles. The summed E-state index contributed by atoms with van der Waals surface area (Å²) in [6.07, 6.45) is 7.74. The van der Waals surface area contributed by atoms with Crippen LogP contribution in [0.25, 0.3) is 11.3 Å². The van der Waals surface area contributed by atoms with Gasteiger partial charge in [0.15, 0.2) is 5.78 Å². The predicted molar refractivity (Wildman–Crippen MR) is 263 cm³/mol. The Kier molecular flexibility index (Phi) is 12.3. The van der Waals surface area contributed by atoms with Crippen LogP contribution in [0.1, 0.15) is 69.8 Å². The quantitative estimate of drug-likeness (QED) is 0.146. The topological polar surface area (TPSA) is 90.4 Å². The van der Waals surface area contributed by atoms with Crippen molar-refractivity contribution in [1.29, 1.82) is 0 Å². The maximum absolute atomic E-state index is 17.2. The number of nitrogens with zero attached hydrogens (tertiary/aromatic N) is 6. The molecule has 10 rings (SSSR count). The average Bonchev–Trinajstić information content (AvgIpc) is 3.98. The normalized spacial score (nSPS) is 34.0. The molecule has 4 aromatic rings. The summed E-state index contributed by atoms with van der Waals surface area (Å²) in [5, 5.41) is 9.90. The van der Waals surface area contributed by atoms with E-state index < -0.39 is 10.8 Å². The summed E-state index contributed by atoms with van der Waals surface area (Å²) in [7, 11) is 12.7. The minimum atomic E-state index is -0.684. The Morgan fingerprint density at radius 1 is 0.955 bits per heavy atom. The number of methoxy groups -OCH3 is 1. The molecule has 66 heavy (non-hydrogen) atoms. The number of hydrogen-bond acceptors (Lipinski definition) is 10. The SMILES string of the molecule is CCC12C(=O)C34C5C[C@H](Cc6ccc(Cl)cc6)N(C)C3[C@@H](COC)NC1[C@H](C)N(Cc1ccc(Cl)cc1Oc1ccc(-c3cnc(CN(C)C)n3C)cc1)C2CC1(CC1)C4N(C)[C@@H](C)CN5. The van der Waals surface area contributed by atoms with Gasteiger partial charge in [0.2, 0.25) is 0 Å². The molecule has 11 atom stereocenters. The van der Waals surface area contributed by atoms with E-state index in [0.29, 0.717) is 24.0 Å². The summed E-state index contributed by atoms with van der Waals surface area (Å²) in [5.41, 5.74) is 3.14. The van der Waals surface area contributed by atoms with E-state index in [4.69, 9.17) is 37.7 Å². The maximum atomic E-state index is 17.2.